The van der Waals surface area contributed by atoms with Crippen LogP contribution in [-0.4, -0.2) is 30.7 Å². The van der Waals surface area contributed by atoms with Crippen LogP contribution in [0.25, 0.3) is 0 Å². The van der Waals surface area contributed by atoms with Gasteiger partial charge in [0.25, 0.3) is 0 Å². The largest absolute Gasteiger partial charge is 1.00 e. The second-order valence-electron chi connectivity index (χ2n) is 8.68. The summed E-state index contributed by atoms with van der Waals surface area (Å²) in [6.45, 7) is 21.7. The maximum atomic E-state index is 9.83. The van der Waals surface area contributed by atoms with Crippen LogP contribution in [0.2, 0.25) is 0 Å². The van der Waals surface area contributed by atoms with Gasteiger partial charge in [-0.25, -0.2) is 0 Å². The van der Waals surface area contributed by atoms with Crippen LogP contribution in [0.15, 0.2) is 0 Å². The second-order valence-corrected chi connectivity index (χ2v) is 8.68. The molecular weight excluding hydrogens is 319 g/mol. The summed E-state index contributed by atoms with van der Waals surface area (Å²) in [6.07, 6.45) is 8.89. The molecule has 1 atom stereocenters. The van der Waals surface area contributed by atoms with Crippen molar-refractivity contribution in [3.8, 4) is 0 Å². The number of carbonyl (C=O) groups excluding carboxylic acids is 1. The molecule has 0 radical (unpaired) electrons. The first-order valence-electron chi connectivity index (χ1n) is 9.97. The molecule has 1 aliphatic heterocycles. The summed E-state index contributed by atoms with van der Waals surface area (Å²) in [5.41, 5.74) is -0.0742. The molecule has 1 saturated heterocycles. The SMILES string of the molecule is C1CCOC1.CC(C)(C)C=O.CCCCC(O)C(C)(C)C.[CH2-]CCC.[Li+]. The summed E-state index contributed by atoms with van der Waals surface area (Å²) in [4.78, 5) is 9.83. The van der Waals surface area contributed by atoms with E-state index in [2.05, 4.69) is 41.5 Å². The van der Waals surface area contributed by atoms with Gasteiger partial charge in [-0.2, -0.15) is 6.42 Å². The van der Waals surface area contributed by atoms with Crippen molar-refractivity contribution in [2.24, 2.45) is 10.8 Å². The first-order chi connectivity index (χ1) is 11.5. The minimum absolute atomic E-state index is 0. The number of aliphatic hydroxyl groups is 1. The molecule has 1 unspecified atom stereocenters. The second kappa shape index (κ2) is 21.5. The van der Waals surface area contributed by atoms with Gasteiger partial charge in [0, 0.05) is 18.6 Å². The first-order valence-corrected chi connectivity index (χ1v) is 9.97. The average molecular weight is 367 g/mol. The standard InChI is InChI=1S/C9H20O.C5H10O.C4H8O.C4H9.Li/c1-5-6-7-8(10)9(2,3)4;1-5(2,3)4-6;1-2-4-5-3-1;1-3-4-2;/h8,10H,5-7H2,1-4H3;4H,1-3H3;1-4H2;1,3-4H2,2H3;/q;;;-1;+1. The molecule has 3 nitrogen and oxygen atoms in total. The van der Waals surface area contributed by atoms with Crippen molar-refractivity contribution < 1.29 is 33.5 Å². The van der Waals surface area contributed by atoms with Gasteiger partial charge in [0.15, 0.2) is 0 Å². The average Bonchev–Trinajstić information content (AvgIpc) is 3.11. The molecule has 1 N–H and O–H groups in total. The van der Waals surface area contributed by atoms with E-state index in [4.69, 9.17) is 4.74 Å². The molecule has 1 fully saturated rings. The minimum Gasteiger partial charge on any atom is -0.393 e. The maximum Gasteiger partial charge on any atom is 1.00 e. The van der Waals surface area contributed by atoms with E-state index >= 15 is 0 Å². The third-order valence-electron chi connectivity index (χ3n) is 3.37. The van der Waals surface area contributed by atoms with Crippen LogP contribution in [-0.2, 0) is 9.53 Å². The van der Waals surface area contributed by atoms with Crippen LogP contribution in [0.3, 0.4) is 0 Å². The normalized spacial score (nSPS) is 14.2. The van der Waals surface area contributed by atoms with Crippen molar-refractivity contribution in [1.29, 1.82) is 0 Å². The van der Waals surface area contributed by atoms with E-state index in [1.54, 1.807) is 0 Å². The Balaban J connectivity index is -0.000000131. The summed E-state index contributed by atoms with van der Waals surface area (Å²) in [5, 5.41) is 9.52. The molecule has 0 aromatic heterocycles. The summed E-state index contributed by atoms with van der Waals surface area (Å²) in [6, 6.07) is 0. The Kier molecular flexibility index (Phi) is 27.9. The zero-order chi connectivity index (χ0) is 20.4. The molecule has 0 aromatic rings. The van der Waals surface area contributed by atoms with E-state index in [9.17, 15) is 9.90 Å². The number of hydrogen-bond donors (Lipinski definition) is 1. The summed E-state index contributed by atoms with van der Waals surface area (Å²) in [7, 11) is 0. The minimum atomic E-state index is -0.139. The molecule has 0 aromatic carbocycles. The number of ether oxygens (including phenoxy) is 1. The number of aldehydes is 1. The summed E-state index contributed by atoms with van der Waals surface area (Å²) >= 11 is 0. The molecule has 1 rings (SSSR count). The van der Waals surface area contributed by atoms with Crippen molar-refractivity contribution in [3.63, 3.8) is 0 Å². The van der Waals surface area contributed by atoms with E-state index < -0.39 is 0 Å². The molecule has 0 spiro atoms. The summed E-state index contributed by atoms with van der Waals surface area (Å²) in [5.74, 6) is 0. The number of aliphatic hydroxyl groups excluding tert-OH is 1. The van der Waals surface area contributed by atoms with Gasteiger partial charge < -0.3 is 21.6 Å². The molecule has 26 heavy (non-hydrogen) atoms. The Labute approximate surface area is 177 Å². The number of rotatable bonds is 4. The first kappa shape index (κ1) is 33.7. The zero-order valence-electron chi connectivity index (χ0n) is 19.5. The fourth-order valence-corrected chi connectivity index (χ4v) is 1.34. The van der Waals surface area contributed by atoms with Gasteiger partial charge in [-0.15, -0.1) is 0 Å². The fraction of sp³-hybridized carbons (Fsp3) is 0.909. The van der Waals surface area contributed by atoms with Crippen molar-refractivity contribution in [3.05, 3.63) is 6.92 Å². The molecular formula is C22H47LiO3. The van der Waals surface area contributed by atoms with Crippen LogP contribution in [0, 0.1) is 17.8 Å². The van der Waals surface area contributed by atoms with Crippen LogP contribution in [0.1, 0.15) is 100 Å². The van der Waals surface area contributed by atoms with Crippen LogP contribution >= 0.6 is 0 Å². The van der Waals surface area contributed by atoms with Gasteiger partial charge in [-0.05, 0) is 24.7 Å². The van der Waals surface area contributed by atoms with Crippen LogP contribution in [0.5, 0.6) is 0 Å². The predicted octanol–water partition coefficient (Wildman–Crippen LogP) is 3.24. The van der Waals surface area contributed by atoms with Crippen molar-refractivity contribution >= 4 is 6.29 Å². The van der Waals surface area contributed by atoms with Gasteiger partial charge in [-0.1, -0.05) is 74.7 Å². The molecule has 0 aliphatic carbocycles. The summed E-state index contributed by atoms with van der Waals surface area (Å²) < 4.78 is 4.94. The van der Waals surface area contributed by atoms with E-state index in [-0.39, 0.29) is 35.8 Å². The Hall–Kier alpha value is 0.187. The van der Waals surface area contributed by atoms with Crippen LogP contribution in [0.4, 0.5) is 0 Å². The molecule has 0 saturated carbocycles. The third kappa shape index (κ3) is 35.3. The van der Waals surface area contributed by atoms with Crippen LogP contribution < -0.4 is 18.9 Å². The Morgan fingerprint density at radius 2 is 1.42 bits per heavy atom. The maximum absolute atomic E-state index is 9.83. The Bertz CT molecular complexity index is 254. The Morgan fingerprint density at radius 3 is 1.58 bits per heavy atom. The molecule has 4 heteroatoms. The van der Waals surface area contributed by atoms with E-state index in [0.29, 0.717) is 0 Å². The van der Waals surface area contributed by atoms with Gasteiger partial charge in [-0.3, -0.25) is 0 Å². The monoisotopic (exact) mass is 366 g/mol. The number of carbonyl (C=O) groups is 1. The molecule has 154 valence electrons. The van der Waals surface area contributed by atoms with Crippen molar-refractivity contribution in [2.45, 2.75) is 106 Å². The fourth-order valence-electron chi connectivity index (χ4n) is 1.34. The van der Waals surface area contributed by atoms with Gasteiger partial charge in [0.2, 0.25) is 0 Å². The van der Waals surface area contributed by atoms with E-state index in [1.807, 2.05) is 20.8 Å². The van der Waals surface area contributed by atoms with E-state index in [1.165, 1.54) is 25.7 Å². The Morgan fingerprint density at radius 1 is 1.04 bits per heavy atom. The van der Waals surface area contributed by atoms with Crippen molar-refractivity contribution in [1.82, 2.24) is 0 Å². The van der Waals surface area contributed by atoms with Gasteiger partial charge >= 0.3 is 18.9 Å². The third-order valence-corrected chi connectivity index (χ3v) is 3.37. The number of unbranched alkanes of at least 4 members (excludes halogenated alkanes) is 2. The number of hydrogen-bond acceptors (Lipinski definition) is 3. The topological polar surface area (TPSA) is 46.5 Å². The smallest absolute Gasteiger partial charge is 0.393 e. The zero-order valence-corrected chi connectivity index (χ0v) is 19.5. The van der Waals surface area contributed by atoms with Crippen molar-refractivity contribution in [2.75, 3.05) is 13.2 Å². The molecule has 0 amide bonds. The predicted molar refractivity (Wildman–Crippen MR) is 111 cm³/mol. The molecule has 0 bridgehead atoms. The van der Waals surface area contributed by atoms with Gasteiger partial charge in [0.05, 0.1) is 6.10 Å². The molecule has 1 aliphatic rings. The molecule has 1 heterocycles. The quantitative estimate of drug-likeness (QED) is 0.472. The van der Waals surface area contributed by atoms with E-state index in [0.717, 1.165) is 38.8 Å². The van der Waals surface area contributed by atoms with Gasteiger partial charge in [0.1, 0.15) is 6.29 Å².